The van der Waals surface area contributed by atoms with Crippen LogP contribution in [0.4, 0.5) is 0 Å². The van der Waals surface area contributed by atoms with Crippen molar-refractivity contribution < 1.29 is 19.4 Å². The summed E-state index contributed by atoms with van der Waals surface area (Å²) in [5.74, 6) is 1.81. The number of fused-ring (bicyclic) bond motifs is 2. The Morgan fingerprint density at radius 2 is 1.62 bits per heavy atom. The molecule has 0 radical (unpaired) electrons. The Hall–Kier alpha value is -4.39. The Labute approximate surface area is 235 Å². The summed E-state index contributed by atoms with van der Waals surface area (Å²) in [7, 11) is 1.64. The first kappa shape index (κ1) is 27.2. The van der Waals surface area contributed by atoms with Crippen molar-refractivity contribution in [1.82, 2.24) is 10.6 Å². The predicted octanol–water partition coefficient (Wildman–Crippen LogP) is 5.78. The number of hydrogen-bond acceptors (Lipinski definition) is 5. The lowest BCUT2D eigenvalue weighted by Gasteiger charge is -2.27. The van der Waals surface area contributed by atoms with Crippen LogP contribution in [-0.4, -0.2) is 36.8 Å². The molecule has 0 unspecified atom stereocenters. The van der Waals surface area contributed by atoms with Gasteiger partial charge in [-0.15, -0.1) is 0 Å². The molecule has 6 heteroatoms. The third-order valence-electron chi connectivity index (χ3n) is 7.17. The topological polar surface area (TPSA) is 79.8 Å². The van der Waals surface area contributed by atoms with Gasteiger partial charge in [-0.1, -0.05) is 78.9 Å². The third-order valence-corrected chi connectivity index (χ3v) is 7.17. The van der Waals surface area contributed by atoms with Gasteiger partial charge < -0.3 is 25.2 Å². The number of benzene rings is 4. The van der Waals surface area contributed by atoms with Crippen molar-refractivity contribution in [3.63, 3.8) is 0 Å². The summed E-state index contributed by atoms with van der Waals surface area (Å²) in [6.45, 7) is 2.33. The monoisotopic (exact) mass is 534 g/mol. The zero-order valence-corrected chi connectivity index (χ0v) is 22.7. The van der Waals surface area contributed by atoms with Crippen LogP contribution in [0.1, 0.15) is 35.2 Å². The first-order valence-electron chi connectivity index (χ1n) is 13.5. The molecule has 204 valence electrons. The standard InChI is InChI=1S/C34H34N2O4/c1-23(25-14-10-15-27(20-25)39-2)35-22-31(37)30(19-24-11-4-3-5-12-24)36-34(38)29-21-26-13-6-8-17-32(26)40-33-18-9-7-16-28(29)33/h3-18,20-21,23,30-31,35,37H,19,22H2,1-2H3,(H,36,38)/t23-,30-,31+/m0/s1. The second kappa shape index (κ2) is 12.6. The number of ether oxygens (including phenoxy) is 2. The summed E-state index contributed by atoms with van der Waals surface area (Å²) >= 11 is 0. The van der Waals surface area contributed by atoms with E-state index in [0.29, 0.717) is 29.1 Å². The molecular weight excluding hydrogens is 500 g/mol. The van der Waals surface area contributed by atoms with Crippen molar-refractivity contribution in [3.8, 4) is 17.2 Å². The molecule has 5 rings (SSSR count). The molecule has 1 aliphatic rings. The van der Waals surface area contributed by atoms with Gasteiger partial charge in [0.05, 0.1) is 24.8 Å². The van der Waals surface area contributed by atoms with Gasteiger partial charge in [-0.3, -0.25) is 4.79 Å². The molecule has 0 bridgehead atoms. The van der Waals surface area contributed by atoms with E-state index >= 15 is 0 Å². The molecule has 1 amide bonds. The normalized spacial score (nSPS) is 14.3. The highest BCUT2D eigenvalue weighted by Crippen LogP contribution is 2.37. The van der Waals surface area contributed by atoms with Gasteiger partial charge in [0.2, 0.25) is 0 Å². The van der Waals surface area contributed by atoms with Crippen molar-refractivity contribution in [2.75, 3.05) is 13.7 Å². The first-order chi connectivity index (χ1) is 19.5. The Morgan fingerprint density at radius 3 is 2.42 bits per heavy atom. The summed E-state index contributed by atoms with van der Waals surface area (Å²) in [5, 5.41) is 17.9. The van der Waals surface area contributed by atoms with E-state index in [1.807, 2.05) is 116 Å². The molecule has 0 saturated heterocycles. The fourth-order valence-electron chi connectivity index (χ4n) is 4.88. The second-order valence-corrected chi connectivity index (χ2v) is 9.94. The number of aliphatic hydroxyl groups is 1. The Balaban J connectivity index is 1.38. The molecular formula is C34H34N2O4. The maximum atomic E-state index is 13.9. The number of hydrogen-bond donors (Lipinski definition) is 3. The van der Waals surface area contributed by atoms with Crippen molar-refractivity contribution in [1.29, 1.82) is 0 Å². The van der Waals surface area contributed by atoms with Crippen LogP contribution < -0.4 is 20.1 Å². The number of amides is 1. The fourth-order valence-corrected chi connectivity index (χ4v) is 4.88. The zero-order valence-electron chi connectivity index (χ0n) is 22.7. The van der Waals surface area contributed by atoms with Gasteiger partial charge in [0.15, 0.2) is 0 Å². The summed E-state index contributed by atoms with van der Waals surface area (Å²) in [6, 6.07) is 32.3. The van der Waals surface area contributed by atoms with Gasteiger partial charge in [-0.2, -0.15) is 0 Å². The molecule has 6 nitrogen and oxygen atoms in total. The third kappa shape index (κ3) is 6.42. The van der Waals surface area contributed by atoms with Crippen LogP contribution in [0.3, 0.4) is 0 Å². The molecule has 4 aromatic carbocycles. The molecule has 3 atom stereocenters. The van der Waals surface area contributed by atoms with E-state index in [-0.39, 0.29) is 18.5 Å². The summed E-state index contributed by atoms with van der Waals surface area (Å²) in [6.07, 6.45) is 1.48. The van der Waals surface area contributed by atoms with E-state index in [1.54, 1.807) is 7.11 Å². The predicted molar refractivity (Wildman–Crippen MR) is 158 cm³/mol. The molecule has 0 fully saturated rings. The Morgan fingerprint density at radius 1 is 0.900 bits per heavy atom. The molecule has 4 aromatic rings. The van der Waals surface area contributed by atoms with E-state index in [4.69, 9.17) is 9.47 Å². The van der Waals surface area contributed by atoms with Gasteiger partial charge in [0.1, 0.15) is 17.2 Å². The Bertz CT molecular complexity index is 1480. The van der Waals surface area contributed by atoms with Gasteiger partial charge in [-0.25, -0.2) is 0 Å². The zero-order chi connectivity index (χ0) is 27.9. The van der Waals surface area contributed by atoms with Gasteiger partial charge in [0, 0.05) is 23.7 Å². The van der Waals surface area contributed by atoms with Crippen LogP contribution in [0.2, 0.25) is 0 Å². The lowest BCUT2D eigenvalue weighted by Crippen LogP contribution is -2.49. The molecule has 3 N–H and O–H groups in total. The van der Waals surface area contributed by atoms with E-state index in [9.17, 15) is 9.90 Å². The number of para-hydroxylation sites is 2. The van der Waals surface area contributed by atoms with Crippen LogP contribution in [-0.2, 0) is 11.2 Å². The number of aliphatic hydroxyl groups excluding tert-OH is 1. The van der Waals surface area contributed by atoms with Gasteiger partial charge in [0.25, 0.3) is 5.91 Å². The quantitative estimate of drug-likeness (QED) is 0.240. The number of nitrogens with one attached hydrogen (secondary N) is 2. The van der Waals surface area contributed by atoms with E-state index in [0.717, 1.165) is 22.4 Å². The van der Waals surface area contributed by atoms with Crippen molar-refractivity contribution in [2.24, 2.45) is 0 Å². The summed E-state index contributed by atoms with van der Waals surface area (Å²) in [4.78, 5) is 13.9. The first-order valence-corrected chi connectivity index (χ1v) is 13.5. The average molecular weight is 535 g/mol. The number of methoxy groups -OCH3 is 1. The second-order valence-electron chi connectivity index (χ2n) is 9.94. The number of rotatable bonds is 10. The summed E-state index contributed by atoms with van der Waals surface area (Å²) < 4.78 is 11.5. The minimum absolute atomic E-state index is 0.0251. The van der Waals surface area contributed by atoms with Crippen LogP contribution in [0, 0.1) is 0 Å². The SMILES string of the molecule is COc1cccc([C@H](C)NC[C@@H](O)[C@H](Cc2ccccc2)NC(=O)C2=Cc3ccccc3Oc3ccccc32)c1. The Kier molecular flexibility index (Phi) is 8.59. The molecule has 0 aliphatic carbocycles. The van der Waals surface area contributed by atoms with Crippen LogP contribution in [0.5, 0.6) is 17.2 Å². The largest absolute Gasteiger partial charge is 0.497 e. The number of carbonyl (C=O) groups excluding carboxylic acids is 1. The smallest absolute Gasteiger partial charge is 0.252 e. The van der Waals surface area contributed by atoms with E-state index < -0.39 is 12.1 Å². The highest BCUT2D eigenvalue weighted by molar-refractivity contribution is 6.25. The molecule has 1 aliphatic heterocycles. The van der Waals surface area contributed by atoms with Gasteiger partial charge in [-0.05, 0) is 54.8 Å². The average Bonchev–Trinajstić information content (AvgIpc) is 3.17. The number of carbonyl (C=O) groups is 1. The maximum Gasteiger partial charge on any atom is 0.252 e. The van der Waals surface area contributed by atoms with E-state index in [2.05, 4.69) is 10.6 Å². The summed E-state index contributed by atoms with van der Waals surface area (Å²) in [5.41, 5.74) is 4.08. The van der Waals surface area contributed by atoms with Gasteiger partial charge >= 0.3 is 0 Å². The van der Waals surface area contributed by atoms with E-state index in [1.165, 1.54) is 0 Å². The minimum Gasteiger partial charge on any atom is -0.497 e. The highest BCUT2D eigenvalue weighted by atomic mass is 16.5. The lowest BCUT2D eigenvalue weighted by molar-refractivity contribution is -0.117. The molecule has 0 saturated carbocycles. The molecule has 0 spiro atoms. The maximum absolute atomic E-state index is 13.9. The van der Waals surface area contributed by atoms with Crippen LogP contribution in [0.15, 0.2) is 103 Å². The lowest BCUT2D eigenvalue weighted by atomic mass is 9.98. The van der Waals surface area contributed by atoms with Crippen molar-refractivity contribution in [3.05, 3.63) is 125 Å². The molecule has 1 heterocycles. The molecule has 0 aromatic heterocycles. The van der Waals surface area contributed by atoms with Crippen LogP contribution >= 0.6 is 0 Å². The highest BCUT2D eigenvalue weighted by Gasteiger charge is 2.27. The van der Waals surface area contributed by atoms with Crippen molar-refractivity contribution >= 4 is 17.6 Å². The van der Waals surface area contributed by atoms with Crippen molar-refractivity contribution in [2.45, 2.75) is 31.5 Å². The fraction of sp³-hybridized carbons (Fsp3) is 0.206. The minimum atomic E-state index is -0.845. The molecule has 40 heavy (non-hydrogen) atoms. The van der Waals surface area contributed by atoms with Crippen LogP contribution in [0.25, 0.3) is 11.6 Å².